The van der Waals surface area contributed by atoms with Crippen LogP contribution in [0.2, 0.25) is 0 Å². The van der Waals surface area contributed by atoms with Crippen LogP contribution >= 0.6 is 0 Å². The molecule has 17 heavy (non-hydrogen) atoms. The monoisotopic (exact) mass is 333 g/mol. The summed E-state index contributed by atoms with van der Waals surface area (Å²) >= 11 is 0. The molecule has 101 valence electrons. The van der Waals surface area contributed by atoms with E-state index >= 15 is 0 Å². The zero-order chi connectivity index (χ0) is 10.4. The summed E-state index contributed by atoms with van der Waals surface area (Å²) in [5.41, 5.74) is 5.75. The van der Waals surface area contributed by atoms with Gasteiger partial charge in [-0.3, -0.25) is 0 Å². The smallest absolute Gasteiger partial charge is 1.00 e. The van der Waals surface area contributed by atoms with Crippen molar-refractivity contribution in [3.05, 3.63) is 35.2 Å². The summed E-state index contributed by atoms with van der Waals surface area (Å²) < 4.78 is 4.43. The average molecular weight is 335 g/mol. The summed E-state index contributed by atoms with van der Waals surface area (Å²) in [5.74, 6) is 0. The molecule has 0 unspecified atom stereocenters. The van der Waals surface area contributed by atoms with E-state index in [1.54, 1.807) is 7.11 Å². The minimum Gasteiger partial charge on any atom is -1.00 e. The van der Waals surface area contributed by atoms with Crippen LogP contribution in [0.25, 0.3) is 0 Å². The Morgan fingerprint density at radius 2 is 1.18 bits per heavy atom. The van der Waals surface area contributed by atoms with Gasteiger partial charge in [0.1, 0.15) is 0 Å². The normalized spacial score (nSPS) is 7.18. The molecule has 0 fully saturated rings. The molecule has 0 saturated heterocycles. The fraction of sp³-hybridized carbons (Fsp3) is 0.500. The Hall–Kier alpha value is 0.894. The Labute approximate surface area is 140 Å². The van der Waals surface area contributed by atoms with Gasteiger partial charge in [0, 0.05) is 7.11 Å². The van der Waals surface area contributed by atoms with Gasteiger partial charge in [-0.2, -0.15) is 28.3 Å². The topological polar surface area (TPSA) is 9.23 Å². The fourth-order valence-electron chi connectivity index (χ4n) is 1.13. The van der Waals surface area contributed by atoms with Crippen molar-refractivity contribution in [1.29, 1.82) is 0 Å². The number of ether oxygens (including phenoxy) is 1. The summed E-state index contributed by atoms with van der Waals surface area (Å²) in [4.78, 5) is 0. The van der Waals surface area contributed by atoms with Crippen molar-refractivity contribution in [3.8, 4) is 0 Å². The molecule has 0 atom stereocenters. The van der Waals surface area contributed by atoms with Gasteiger partial charge < -0.3 is 48.9 Å². The van der Waals surface area contributed by atoms with E-state index < -0.39 is 0 Å². The molecule has 0 N–H and O–H groups in total. The third-order valence-electron chi connectivity index (χ3n) is 2.38. The number of halogens is 3. The molecule has 5 heteroatoms. The van der Waals surface area contributed by atoms with Gasteiger partial charge in [-0.25, -0.2) is 0 Å². The van der Waals surface area contributed by atoms with Crippen LogP contribution < -0.4 is 37.2 Å². The minimum atomic E-state index is 0. The van der Waals surface area contributed by atoms with Crippen LogP contribution in [0, 0.1) is 34.6 Å². The molecule has 0 aliphatic carbocycles. The molecule has 1 rings (SSSR count). The van der Waals surface area contributed by atoms with E-state index in [-0.39, 0.29) is 58.9 Å². The number of rotatable bonds is 1. The van der Waals surface area contributed by atoms with Crippen LogP contribution in [-0.4, -0.2) is 13.7 Å². The van der Waals surface area contributed by atoms with Crippen LogP contribution in [0.4, 0.5) is 0 Å². The predicted molar refractivity (Wildman–Crippen MR) is 58.2 cm³/mol. The number of hydrogen-bond acceptors (Lipinski definition) is 1. The second-order valence-electron chi connectivity index (χ2n) is 3.25. The summed E-state index contributed by atoms with van der Waals surface area (Å²) in [6, 6.07) is 2.24. The molecule has 0 aromatic heterocycles. The third-order valence-corrected chi connectivity index (χ3v) is 2.38. The van der Waals surface area contributed by atoms with Crippen LogP contribution in [0.3, 0.4) is 0 Å². The fourth-order valence-corrected chi connectivity index (χ4v) is 1.13. The molecule has 0 aliphatic heterocycles. The zero-order valence-corrected chi connectivity index (χ0v) is 14.9. The molecular weight excluding hydrogens is 314 g/mol. The average Bonchev–Trinajstić information content (AvgIpc) is 2.34. The molecule has 0 heterocycles. The molecule has 1 aromatic carbocycles. The Kier molecular flexibility index (Phi) is 30.5. The molecule has 0 amide bonds. The minimum absolute atomic E-state index is 0. The van der Waals surface area contributed by atoms with E-state index in [9.17, 15) is 0 Å². The maximum absolute atomic E-state index is 4.43. The van der Waals surface area contributed by atoms with Gasteiger partial charge in [-0.15, -0.1) is 0 Å². The first kappa shape index (κ1) is 30.7. The van der Waals surface area contributed by atoms with Gasteiger partial charge in [0.2, 0.25) is 0 Å². The molecule has 0 bridgehead atoms. The SMILES string of the molecule is Cc1[cH-]c(C)c(C)c1C.[CH2-]COC.[Cl-].[Cl-].[Cl-].[Ti+3]. The predicted octanol–water partition coefficient (Wildman–Crippen LogP) is -5.88. The van der Waals surface area contributed by atoms with E-state index in [1.807, 2.05) is 0 Å². The Morgan fingerprint density at radius 1 is 0.941 bits per heavy atom. The summed E-state index contributed by atoms with van der Waals surface area (Å²) in [6.45, 7) is 12.6. The number of hydrogen-bond donors (Lipinski definition) is 0. The third kappa shape index (κ3) is 11.7. The Morgan fingerprint density at radius 3 is 1.24 bits per heavy atom. The van der Waals surface area contributed by atoms with Crippen molar-refractivity contribution in [2.45, 2.75) is 27.7 Å². The molecule has 0 aliphatic rings. The second-order valence-corrected chi connectivity index (χ2v) is 3.25. The van der Waals surface area contributed by atoms with Crippen molar-refractivity contribution in [3.63, 3.8) is 0 Å². The van der Waals surface area contributed by atoms with E-state index in [2.05, 4.69) is 45.4 Å². The zero-order valence-electron chi connectivity index (χ0n) is 11.0. The van der Waals surface area contributed by atoms with Crippen molar-refractivity contribution >= 4 is 0 Å². The van der Waals surface area contributed by atoms with Crippen LogP contribution in [0.15, 0.2) is 6.07 Å². The van der Waals surface area contributed by atoms with Gasteiger partial charge in [0.05, 0.1) is 0 Å². The van der Waals surface area contributed by atoms with Crippen molar-refractivity contribution in [2.75, 3.05) is 13.7 Å². The molecular formula is C12H20Cl3OTi-2. The maximum atomic E-state index is 4.43. The molecule has 0 spiro atoms. The number of aryl methyl sites for hydroxylation is 2. The van der Waals surface area contributed by atoms with E-state index in [1.165, 1.54) is 22.3 Å². The standard InChI is InChI=1S/C9H13.C3H7O.3ClH.Ti/c1-6-5-7(2)9(4)8(6)3;1-3-4-2;;;;/h5H,1-4H3;1,3H2,2H3;3*1H;/q2*-1;;;;+3/p-3. The van der Waals surface area contributed by atoms with E-state index in [0.717, 1.165) is 0 Å². The van der Waals surface area contributed by atoms with Gasteiger partial charge in [0.15, 0.2) is 0 Å². The Balaban J connectivity index is -0.0000000542. The maximum Gasteiger partial charge on any atom is 3.00 e. The van der Waals surface area contributed by atoms with Gasteiger partial charge in [0.25, 0.3) is 0 Å². The van der Waals surface area contributed by atoms with Gasteiger partial charge in [-0.1, -0.05) is 34.3 Å². The number of methoxy groups -OCH3 is 1. The van der Waals surface area contributed by atoms with Gasteiger partial charge in [-0.05, 0) is 0 Å². The van der Waals surface area contributed by atoms with Crippen LogP contribution in [0.1, 0.15) is 22.3 Å². The quantitative estimate of drug-likeness (QED) is 0.367. The molecule has 1 radical (unpaired) electrons. The summed E-state index contributed by atoms with van der Waals surface area (Å²) in [7, 11) is 1.62. The molecule has 1 nitrogen and oxygen atoms in total. The van der Waals surface area contributed by atoms with Crippen molar-refractivity contribution in [2.24, 2.45) is 0 Å². The Bertz CT molecular complexity index is 238. The first-order chi connectivity index (χ1) is 6.04. The first-order valence-corrected chi connectivity index (χ1v) is 4.52. The van der Waals surface area contributed by atoms with Crippen LogP contribution in [-0.2, 0) is 26.5 Å². The summed E-state index contributed by atoms with van der Waals surface area (Å²) in [5, 5.41) is 0. The second kappa shape index (κ2) is 16.9. The van der Waals surface area contributed by atoms with E-state index in [0.29, 0.717) is 6.61 Å². The van der Waals surface area contributed by atoms with Gasteiger partial charge >= 0.3 is 21.7 Å². The van der Waals surface area contributed by atoms with Crippen LogP contribution in [0.5, 0.6) is 0 Å². The molecule has 0 saturated carbocycles. The van der Waals surface area contributed by atoms with Crippen molar-refractivity contribution in [1.82, 2.24) is 0 Å². The largest absolute Gasteiger partial charge is 3.00 e. The molecule has 1 aromatic rings. The van der Waals surface area contributed by atoms with Crippen molar-refractivity contribution < 1.29 is 63.7 Å². The summed E-state index contributed by atoms with van der Waals surface area (Å²) in [6.07, 6.45) is 0. The first-order valence-electron chi connectivity index (χ1n) is 4.52. The van der Waals surface area contributed by atoms with E-state index in [4.69, 9.17) is 0 Å².